The van der Waals surface area contributed by atoms with E-state index in [0.717, 1.165) is 0 Å². The molecule has 0 radical (unpaired) electrons. The van der Waals surface area contributed by atoms with Gasteiger partial charge in [0, 0.05) is 0 Å². The lowest BCUT2D eigenvalue weighted by molar-refractivity contribution is 0.00599. The third-order valence-corrected chi connectivity index (χ3v) is 26.7. The molecule has 4 heterocycles. The zero-order chi connectivity index (χ0) is 21.4. The Balaban J connectivity index is 1.71. The van der Waals surface area contributed by atoms with Crippen LogP contribution in [0.3, 0.4) is 0 Å². The fourth-order valence-electron chi connectivity index (χ4n) is 2.24. The second-order valence-electron chi connectivity index (χ2n) is 5.93. The van der Waals surface area contributed by atoms with Gasteiger partial charge in [-0.1, -0.05) is 0 Å². The van der Waals surface area contributed by atoms with E-state index in [4.69, 9.17) is 108 Å². The average molecular weight is 686 g/mol. The van der Waals surface area contributed by atoms with E-state index in [2.05, 4.69) is 27.1 Å². The SMILES string of the molecule is ClP1(Cl)=NP2(Cl)=NP(Cl)(=N1)OCC1(COP3(Cl)=NP(Cl)(Cl)=NP(Cl)(=N3)OC1)CO2. The van der Waals surface area contributed by atoms with Crippen LogP contribution in [-0.4, -0.2) is 26.4 Å². The van der Waals surface area contributed by atoms with Crippen LogP contribution in [0.4, 0.5) is 0 Å². The van der Waals surface area contributed by atoms with Crippen LogP contribution in [0, 0.1) is 5.41 Å². The number of halogens is 8. The molecule has 0 saturated carbocycles. The summed E-state index contributed by atoms with van der Waals surface area (Å²) >= 11 is 50.2. The Kier molecular flexibility index (Phi) is 7.33. The topological polar surface area (TPSA) is 111 Å². The lowest BCUT2D eigenvalue weighted by atomic mass is 9.93. The molecular formula is C5H8Cl8N6O4P6. The average Bonchev–Trinajstić information content (AvgIpc) is 2.47. The van der Waals surface area contributed by atoms with E-state index in [9.17, 15) is 0 Å². The molecule has 0 amide bonds. The molecule has 0 aliphatic carbocycles. The highest BCUT2D eigenvalue weighted by Gasteiger charge is 2.47. The number of nitrogens with zero attached hydrogens (tertiary/aromatic N) is 6. The van der Waals surface area contributed by atoms with E-state index >= 15 is 0 Å². The predicted molar refractivity (Wildman–Crippen MR) is 129 cm³/mol. The van der Waals surface area contributed by atoms with Crippen LogP contribution >= 0.6 is 129 Å². The molecule has 0 N–H and O–H groups in total. The van der Waals surface area contributed by atoms with Crippen molar-refractivity contribution in [3.05, 3.63) is 0 Å². The van der Waals surface area contributed by atoms with Gasteiger partial charge in [-0.25, -0.2) is 0 Å². The first kappa shape index (κ1) is 25.6. The van der Waals surface area contributed by atoms with Gasteiger partial charge in [0.25, 0.3) is 11.8 Å². The van der Waals surface area contributed by atoms with Crippen LogP contribution in [-0.2, 0) is 18.1 Å². The molecule has 0 fully saturated rings. The van der Waals surface area contributed by atoms with E-state index < -0.39 is 44.4 Å². The van der Waals surface area contributed by atoms with Gasteiger partial charge in [0.2, 0.25) is 0 Å². The molecule has 4 atom stereocenters. The molecule has 4 aliphatic heterocycles. The first-order valence-electron chi connectivity index (χ1n) is 7.05. The molecule has 24 heteroatoms. The minimum Gasteiger partial charge on any atom is -0.315 e. The number of hydrogen-bond acceptors (Lipinski definition) is 10. The maximum absolute atomic E-state index is 6.43. The van der Waals surface area contributed by atoms with Crippen LogP contribution < -0.4 is 0 Å². The zero-order valence-electron chi connectivity index (χ0n) is 13.4. The summed E-state index contributed by atoms with van der Waals surface area (Å²) in [5, 5.41) is 0. The molecule has 4 bridgehead atoms. The second kappa shape index (κ2) is 8.30. The lowest BCUT2D eigenvalue weighted by Crippen LogP contribution is -2.41. The molecule has 0 aromatic carbocycles. The minimum absolute atomic E-state index is 0.0717. The van der Waals surface area contributed by atoms with Crippen molar-refractivity contribution < 1.29 is 18.1 Å². The molecule has 4 aliphatic rings. The highest BCUT2D eigenvalue weighted by molar-refractivity contribution is 8.17. The van der Waals surface area contributed by atoms with Gasteiger partial charge in [-0.3, -0.25) is 0 Å². The Morgan fingerprint density at radius 1 is 0.448 bits per heavy atom. The summed E-state index contributed by atoms with van der Waals surface area (Å²) in [4.78, 5) is 0. The van der Waals surface area contributed by atoms with Crippen LogP contribution in [0.1, 0.15) is 0 Å². The fourth-order valence-corrected chi connectivity index (χ4v) is 32.0. The summed E-state index contributed by atoms with van der Waals surface area (Å²) in [6, 6.07) is 0. The molecular weight excluding hydrogens is 678 g/mol. The molecule has 1 spiro atoms. The van der Waals surface area contributed by atoms with Crippen LogP contribution in [0.25, 0.3) is 0 Å². The molecule has 0 aromatic heterocycles. The zero-order valence-corrected chi connectivity index (χ0v) is 24.8. The van der Waals surface area contributed by atoms with Gasteiger partial charge in [-0.15, -0.1) is 0 Å². The van der Waals surface area contributed by atoms with Crippen molar-refractivity contribution in [1.29, 1.82) is 0 Å². The smallest absolute Gasteiger partial charge is 0.300 e. The molecule has 0 aromatic rings. The normalized spacial score (nSPS) is 50.5. The van der Waals surface area contributed by atoms with Crippen molar-refractivity contribution in [2.75, 3.05) is 26.4 Å². The van der Waals surface area contributed by atoms with E-state index in [1.807, 2.05) is 0 Å². The Bertz CT molecular complexity index is 993. The molecule has 10 nitrogen and oxygen atoms in total. The summed E-state index contributed by atoms with van der Waals surface area (Å²) in [5.74, 6) is -6.38. The van der Waals surface area contributed by atoms with Crippen molar-refractivity contribution in [3.63, 3.8) is 0 Å². The Morgan fingerprint density at radius 3 is 1.03 bits per heavy atom. The standard InChI is InChI=1S/C5H8Cl8N6O4P6/c6-24(7)14-26(10)18-27(11,15-24)21-2-5(1-20-26)3-22-28(12)16-25(8,9)17-29(13,19-28)23-4-5/h1-4H2. The van der Waals surface area contributed by atoms with Gasteiger partial charge in [0.1, 0.15) is 0 Å². The van der Waals surface area contributed by atoms with Crippen molar-refractivity contribution in [1.82, 2.24) is 0 Å². The van der Waals surface area contributed by atoms with Gasteiger partial charge >= 0.3 is 27.1 Å². The Hall–Kier alpha value is 3.54. The fraction of sp³-hybridized carbons (Fsp3) is 1.00. The van der Waals surface area contributed by atoms with E-state index in [1.165, 1.54) is 0 Å². The minimum atomic E-state index is -3.33. The lowest BCUT2D eigenvalue weighted by Gasteiger charge is -2.40. The maximum atomic E-state index is 6.43. The summed E-state index contributed by atoms with van der Waals surface area (Å²) in [5.41, 5.74) is -0.976. The van der Waals surface area contributed by atoms with Crippen molar-refractivity contribution in [2.24, 2.45) is 32.5 Å². The van der Waals surface area contributed by atoms with Gasteiger partial charge in [-0.05, 0) is 89.9 Å². The summed E-state index contributed by atoms with van der Waals surface area (Å²) < 4.78 is 47.8. The largest absolute Gasteiger partial charge is 0.315 e. The van der Waals surface area contributed by atoms with E-state index in [0.29, 0.717) is 0 Å². The number of rotatable bonds is 0. The molecule has 4 rings (SSSR count). The maximum Gasteiger partial charge on any atom is 0.300 e. The van der Waals surface area contributed by atoms with Crippen LogP contribution in [0.5, 0.6) is 0 Å². The second-order valence-corrected chi connectivity index (χ2v) is 28.8. The van der Waals surface area contributed by atoms with Gasteiger partial charge in [0.05, 0.1) is 31.8 Å². The monoisotopic (exact) mass is 682 g/mol. The third kappa shape index (κ3) is 6.03. The van der Waals surface area contributed by atoms with Crippen molar-refractivity contribution in [2.45, 2.75) is 0 Å². The highest BCUT2D eigenvalue weighted by Crippen LogP contribution is 2.88. The van der Waals surface area contributed by atoms with E-state index in [1.54, 1.807) is 0 Å². The van der Waals surface area contributed by atoms with E-state index in [-0.39, 0.29) is 26.4 Å². The summed E-state index contributed by atoms with van der Waals surface area (Å²) in [6.45, 7) is -13.6. The van der Waals surface area contributed by atoms with Crippen LogP contribution in [0.15, 0.2) is 27.1 Å². The van der Waals surface area contributed by atoms with Gasteiger partial charge in [-0.2, -0.15) is 27.1 Å². The first-order valence-corrected chi connectivity index (χ1v) is 24.1. The predicted octanol–water partition coefficient (Wildman–Crippen LogP) is 11.7. The molecule has 0 saturated heterocycles. The van der Waals surface area contributed by atoms with Crippen molar-refractivity contribution >= 4 is 129 Å². The highest BCUT2D eigenvalue weighted by atomic mass is 35.9. The van der Waals surface area contributed by atoms with Gasteiger partial charge < -0.3 is 18.1 Å². The Labute approximate surface area is 204 Å². The quantitative estimate of drug-likeness (QED) is 0.236. The first-order chi connectivity index (χ1) is 13.1. The molecule has 29 heavy (non-hydrogen) atoms. The third-order valence-electron chi connectivity index (χ3n) is 3.45. The molecule has 4 unspecified atom stereocenters. The number of hydrogen-bond donors (Lipinski definition) is 0. The summed E-state index contributed by atoms with van der Waals surface area (Å²) in [7, 11) is 0. The summed E-state index contributed by atoms with van der Waals surface area (Å²) in [6.07, 6.45) is 0. The molecule has 168 valence electrons. The van der Waals surface area contributed by atoms with Crippen molar-refractivity contribution in [3.8, 4) is 0 Å². The van der Waals surface area contributed by atoms with Crippen LogP contribution in [0.2, 0.25) is 0 Å². The van der Waals surface area contributed by atoms with Gasteiger partial charge in [0.15, 0.2) is 0 Å². The number of fused-ring (bicyclic) bond motifs is 2. The Morgan fingerprint density at radius 2 is 0.724 bits per heavy atom.